The molecule has 3 aromatic rings. The summed E-state index contributed by atoms with van der Waals surface area (Å²) in [6, 6.07) is 6.66. The number of hydrogen-bond acceptors (Lipinski definition) is 5. The predicted molar refractivity (Wildman–Crippen MR) is 110 cm³/mol. The van der Waals surface area contributed by atoms with Gasteiger partial charge in [0.2, 0.25) is 5.91 Å². The molecule has 0 radical (unpaired) electrons. The summed E-state index contributed by atoms with van der Waals surface area (Å²) in [5.41, 5.74) is 1.13. The monoisotopic (exact) mass is 427 g/mol. The molecule has 0 aliphatic carbocycles. The highest BCUT2D eigenvalue weighted by Crippen LogP contribution is 2.24. The van der Waals surface area contributed by atoms with E-state index in [0.29, 0.717) is 37.7 Å². The molecule has 0 fully saturated rings. The fourth-order valence-corrected chi connectivity index (χ4v) is 4.54. The van der Waals surface area contributed by atoms with Crippen LogP contribution in [0.15, 0.2) is 39.6 Å². The van der Waals surface area contributed by atoms with Crippen molar-refractivity contribution in [3.8, 4) is 0 Å². The van der Waals surface area contributed by atoms with E-state index >= 15 is 0 Å². The number of aromatic nitrogens is 2. The molecule has 0 unspecified atom stereocenters. The summed E-state index contributed by atoms with van der Waals surface area (Å²) >= 11 is 14.5. The number of carbonyl (C=O) groups excluding carboxylic acids is 1. The maximum Gasteiger partial charge on any atom is 0.272 e. The predicted octanol–water partition coefficient (Wildman–Crippen LogP) is 4.91. The Bertz CT molecular complexity index is 997. The molecule has 5 nitrogen and oxygen atoms in total. The minimum atomic E-state index is -0.226. The van der Waals surface area contributed by atoms with Gasteiger partial charge in [-0.05, 0) is 36.1 Å². The summed E-state index contributed by atoms with van der Waals surface area (Å²) in [4.78, 5) is 29.4. The molecule has 1 amide bonds. The third-order valence-corrected chi connectivity index (χ3v) is 5.76. The van der Waals surface area contributed by atoms with Crippen molar-refractivity contribution in [3.63, 3.8) is 0 Å². The van der Waals surface area contributed by atoms with Gasteiger partial charge < -0.3 is 5.32 Å². The van der Waals surface area contributed by atoms with Gasteiger partial charge in [0.05, 0.1) is 11.3 Å². The maximum absolute atomic E-state index is 12.6. The molecule has 9 heteroatoms. The Balaban J connectivity index is 1.77. The van der Waals surface area contributed by atoms with E-state index in [-0.39, 0.29) is 17.2 Å². The molecule has 26 heavy (non-hydrogen) atoms. The largest absolute Gasteiger partial charge is 0.325 e. The van der Waals surface area contributed by atoms with Crippen molar-refractivity contribution in [2.75, 3.05) is 11.1 Å². The number of hydrogen-bond donors (Lipinski definition) is 1. The summed E-state index contributed by atoms with van der Waals surface area (Å²) in [5, 5.41) is 6.03. The van der Waals surface area contributed by atoms with Gasteiger partial charge in [0.25, 0.3) is 5.56 Å². The molecule has 0 saturated heterocycles. The Kier molecular flexibility index (Phi) is 6.24. The Morgan fingerprint density at radius 2 is 2.04 bits per heavy atom. The molecule has 0 saturated carbocycles. The van der Waals surface area contributed by atoms with E-state index < -0.39 is 0 Å². The number of rotatable bonds is 6. The smallest absolute Gasteiger partial charge is 0.272 e. The van der Waals surface area contributed by atoms with Crippen LogP contribution in [-0.4, -0.2) is 21.2 Å². The van der Waals surface area contributed by atoms with Crippen molar-refractivity contribution in [2.24, 2.45) is 0 Å². The molecule has 0 aliphatic rings. The third-order valence-electron chi connectivity index (χ3n) is 3.46. The maximum atomic E-state index is 12.6. The molecule has 1 N–H and O–H groups in total. The number of halogens is 2. The first kappa shape index (κ1) is 19.2. The van der Waals surface area contributed by atoms with E-state index in [9.17, 15) is 9.59 Å². The van der Waals surface area contributed by atoms with Gasteiger partial charge in [-0.2, -0.15) is 0 Å². The second kappa shape index (κ2) is 8.43. The van der Waals surface area contributed by atoms with Crippen LogP contribution in [0.1, 0.15) is 13.3 Å². The quantitative estimate of drug-likeness (QED) is 0.448. The number of nitrogens with zero attached hydrogens (tertiary/aromatic N) is 2. The number of fused-ring (bicyclic) bond motifs is 1. The molecule has 0 atom stereocenters. The van der Waals surface area contributed by atoms with Crippen LogP contribution >= 0.6 is 46.3 Å². The van der Waals surface area contributed by atoms with E-state index in [1.807, 2.05) is 18.4 Å². The van der Waals surface area contributed by atoms with Gasteiger partial charge in [-0.3, -0.25) is 14.2 Å². The summed E-state index contributed by atoms with van der Waals surface area (Å²) in [6.45, 7) is 2.56. The van der Waals surface area contributed by atoms with E-state index in [1.165, 1.54) is 23.1 Å². The van der Waals surface area contributed by atoms with Crippen molar-refractivity contribution in [3.05, 3.63) is 50.0 Å². The molecule has 136 valence electrons. The molecular formula is C17H15Cl2N3O2S2. The molecule has 2 heterocycles. The summed E-state index contributed by atoms with van der Waals surface area (Å²) in [6.07, 6.45) is 0.805. The van der Waals surface area contributed by atoms with Crippen LogP contribution in [0.2, 0.25) is 10.0 Å². The fraction of sp³-hybridized carbons (Fsp3) is 0.235. The topological polar surface area (TPSA) is 64.0 Å². The number of carbonyl (C=O) groups is 1. The van der Waals surface area contributed by atoms with Gasteiger partial charge in [0.15, 0.2) is 5.16 Å². The Hall–Kier alpha value is -1.54. The van der Waals surface area contributed by atoms with E-state index in [0.717, 1.165) is 6.42 Å². The van der Waals surface area contributed by atoms with Crippen molar-refractivity contribution in [2.45, 2.75) is 25.0 Å². The number of thiophene rings is 1. The van der Waals surface area contributed by atoms with Gasteiger partial charge in [-0.1, -0.05) is 41.9 Å². The SMILES string of the molecule is CCCn1c(SCC(=O)Nc2cc(Cl)cc(Cl)c2)nc2ccsc2c1=O. The van der Waals surface area contributed by atoms with Crippen LogP contribution in [0.3, 0.4) is 0 Å². The molecule has 0 bridgehead atoms. The van der Waals surface area contributed by atoms with Gasteiger partial charge in [-0.15, -0.1) is 11.3 Å². The van der Waals surface area contributed by atoms with Crippen LogP contribution < -0.4 is 10.9 Å². The lowest BCUT2D eigenvalue weighted by molar-refractivity contribution is -0.113. The standard InChI is InChI=1S/C17H15Cl2N3O2S2/c1-2-4-22-16(24)15-13(3-5-25-15)21-17(22)26-9-14(23)20-12-7-10(18)6-11(19)8-12/h3,5-8H,2,4,9H2,1H3,(H,20,23). The van der Waals surface area contributed by atoms with E-state index in [1.54, 1.807) is 22.8 Å². The summed E-state index contributed by atoms with van der Waals surface area (Å²) in [5.74, 6) is -0.105. The lowest BCUT2D eigenvalue weighted by atomic mass is 10.3. The van der Waals surface area contributed by atoms with Gasteiger partial charge >= 0.3 is 0 Å². The van der Waals surface area contributed by atoms with Gasteiger partial charge in [-0.25, -0.2) is 4.98 Å². The molecular weight excluding hydrogens is 413 g/mol. The first-order chi connectivity index (χ1) is 12.5. The Labute approximate surface area is 168 Å². The lowest BCUT2D eigenvalue weighted by Gasteiger charge is -2.11. The Morgan fingerprint density at radius 3 is 2.73 bits per heavy atom. The zero-order chi connectivity index (χ0) is 18.7. The molecule has 3 rings (SSSR count). The third kappa shape index (κ3) is 4.40. The molecule has 0 spiro atoms. The number of nitrogens with one attached hydrogen (secondary N) is 1. The Morgan fingerprint density at radius 1 is 1.31 bits per heavy atom. The summed E-state index contributed by atoms with van der Waals surface area (Å²) < 4.78 is 2.27. The first-order valence-electron chi connectivity index (χ1n) is 7.84. The van der Waals surface area contributed by atoms with Crippen LogP contribution in [0, 0.1) is 0 Å². The number of anilines is 1. The van der Waals surface area contributed by atoms with Crippen LogP contribution in [0.25, 0.3) is 10.2 Å². The number of benzene rings is 1. The zero-order valence-electron chi connectivity index (χ0n) is 13.8. The minimum Gasteiger partial charge on any atom is -0.325 e. The van der Waals surface area contributed by atoms with E-state index in [2.05, 4.69) is 10.3 Å². The second-order valence-electron chi connectivity index (χ2n) is 5.48. The summed E-state index contributed by atoms with van der Waals surface area (Å²) in [7, 11) is 0. The average molecular weight is 428 g/mol. The highest BCUT2D eigenvalue weighted by molar-refractivity contribution is 7.99. The van der Waals surface area contributed by atoms with Crippen LogP contribution in [-0.2, 0) is 11.3 Å². The lowest BCUT2D eigenvalue weighted by Crippen LogP contribution is -2.23. The van der Waals surface area contributed by atoms with Crippen molar-refractivity contribution < 1.29 is 4.79 Å². The van der Waals surface area contributed by atoms with Crippen LogP contribution in [0.5, 0.6) is 0 Å². The average Bonchev–Trinajstić information content (AvgIpc) is 3.03. The molecule has 2 aromatic heterocycles. The first-order valence-corrected chi connectivity index (χ1v) is 10.5. The van der Waals surface area contributed by atoms with Crippen LogP contribution in [0.4, 0.5) is 5.69 Å². The van der Waals surface area contributed by atoms with Crippen molar-refractivity contribution >= 4 is 68.1 Å². The van der Waals surface area contributed by atoms with Gasteiger partial charge in [0, 0.05) is 22.3 Å². The fourth-order valence-electron chi connectivity index (χ4n) is 2.41. The second-order valence-corrected chi connectivity index (χ2v) is 8.21. The highest BCUT2D eigenvalue weighted by atomic mass is 35.5. The normalized spacial score (nSPS) is 11.0. The number of amides is 1. The zero-order valence-corrected chi connectivity index (χ0v) is 16.9. The molecule has 1 aromatic carbocycles. The van der Waals surface area contributed by atoms with Crippen molar-refractivity contribution in [1.82, 2.24) is 9.55 Å². The van der Waals surface area contributed by atoms with Gasteiger partial charge in [0.1, 0.15) is 4.70 Å². The van der Waals surface area contributed by atoms with Crippen molar-refractivity contribution in [1.29, 1.82) is 0 Å². The highest BCUT2D eigenvalue weighted by Gasteiger charge is 2.14. The number of thioether (sulfide) groups is 1. The van der Waals surface area contributed by atoms with E-state index in [4.69, 9.17) is 23.2 Å². The molecule has 0 aliphatic heterocycles. The minimum absolute atomic E-state index is 0.0589.